The van der Waals surface area contributed by atoms with Gasteiger partial charge in [0, 0.05) is 0 Å². The number of aromatic amines is 1. The van der Waals surface area contributed by atoms with Crippen LogP contribution in [-0.2, 0) is 36.7 Å². The number of nitrogens with zero attached hydrogens (tertiary/aromatic N) is 7. The molecule has 3 fully saturated rings. The number of imidazole rings is 2. The van der Waals surface area contributed by atoms with Crippen molar-refractivity contribution in [3.8, 4) is 0 Å². The maximum atomic E-state index is 15.9. The number of H-pyrrole nitrogens is 1. The summed E-state index contributed by atoms with van der Waals surface area (Å²) in [5.74, 6) is -0.316. The zero-order chi connectivity index (χ0) is 31.8. The Kier molecular flexibility index (Phi) is 7.36. The van der Waals surface area contributed by atoms with E-state index >= 15 is 8.78 Å². The maximum absolute atomic E-state index is 15.9. The van der Waals surface area contributed by atoms with Crippen LogP contribution in [-0.4, -0.2) is 98.8 Å². The number of phosphoric ester groups is 2. The smallest absolute Gasteiger partial charge is 0.369 e. The Balaban J connectivity index is 1.21. The number of nitrogens with two attached hydrogens (primary N) is 1. The van der Waals surface area contributed by atoms with Gasteiger partial charge in [0.1, 0.15) is 36.3 Å². The van der Waals surface area contributed by atoms with Gasteiger partial charge < -0.3 is 25.0 Å². The molecule has 0 saturated carbocycles. The molecule has 0 aliphatic carbocycles. The molecule has 24 heteroatoms. The second kappa shape index (κ2) is 10.9. The van der Waals surface area contributed by atoms with Crippen LogP contribution in [0.4, 0.5) is 14.7 Å². The molecular weight excluding hydrogens is 654 g/mol. The van der Waals surface area contributed by atoms with Gasteiger partial charge in [-0.15, -0.1) is 0 Å². The van der Waals surface area contributed by atoms with Crippen molar-refractivity contribution in [1.82, 2.24) is 39.0 Å². The highest BCUT2D eigenvalue weighted by Gasteiger charge is 2.55. The van der Waals surface area contributed by atoms with E-state index in [9.17, 15) is 23.7 Å². The standard InChI is InChI=1S/C21H23F2N9O11P2/c1-7-12-16(26-4-25-7)31(5-27-12)20-15-10(22)8(40-20)2-38-44(34,35)42-14-9(3-39-45(36,37)43-15)41-19(11(14)23)32-6-28-13-17(32)29-21(24)30-18(13)33/h4-6,8-11,14-15,19-20H,2-3H2,1H3,(H,34,35)(H,36,37)(H3,24,29,30,33)/t8-,9-,10?,11?,14-,15-,19-,20-/m1/s1. The van der Waals surface area contributed by atoms with Gasteiger partial charge in [-0.2, -0.15) is 4.98 Å². The van der Waals surface area contributed by atoms with Crippen molar-refractivity contribution in [2.24, 2.45) is 0 Å². The van der Waals surface area contributed by atoms with E-state index in [2.05, 4.69) is 29.9 Å². The molecule has 7 rings (SSSR count). The first-order valence-corrected chi connectivity index (χ1v) is 16.1. The van der Waals surface area contributed by atoms with Gasteiger partial charge in [0.05, 0.1) is 31.6 Å². The summed E-state index contributed by atoms with van der Waals surface area (Å²) in [7, 11) is -10.4. The minimum atomic E-state index is -5.19. The van der Waals surface area contributed by atoms with Crippen LogP contribution in [0.3, 0.4) is 0 Å². The molecule has 5 N–H and O–H groups in total. The molecule has 3 aliphatic heterocycles. The van der Waals surface area contributed by atoms with Gasteiger partial charge in [-0.05, 0) is 6.92 Å². The fourth-order valence-corrected chi connectivity index (χ4v) is 7.21. The molecule has 10 atom stereocenters. The molecule has 0 amide bonds. The third kappa shape index (κ3) is 5.35. The normalized spacial score (nSPS) is 37.7. The second-order valence-corrected chi connectivity index (χ2v) is 13.1. The molecule has 0 aromatic carbocycles. The molecule has 4 unspecified atom stereocenters. The Morgan fingerprint density at radius 2 is 1.51 bits per heavy atom. The van der Waals surface area contributed by atoms with E-state index < -0.39 is 83.6 Å². The molecule has 0 radical (unpaired) electrons. The number of halogens is 2. The van der Waals surface area contributed by atoms with Crippen LogP contribution >= 0.6 is 15.6 Å². The molecule has 242 valence electrons. The Morgan fingerprint density at radius 3 is 2.24 bits per heavy atom. The van der Waals surface area contributed by atoms with Crippen molar-refractivity contribution < 1.29 is 55.3 Å². The Labute approximate surface area is 248 Å². The van der Waals surface area contributed by atoms with Crippen molar-refractivity contribution in [3.05, 3.63) is 35.0 Å². The predicted octanol–water partition coefficient (Wildman–Crippen LogP) is 0.339. The molecule has 7 heterocycles. The summed E-state index contributed by atoms with van der Waals surface area (Å²) < 4.78 is 91.6. The number of fused-ring (bicyclic) bond motifs is 5. The minimum Gasteiger partial charge on any atom is -0.369 e. The number of hydrogen-bond donors (Lipinski definition) is 4. The van der Waals surface area contributed by atoms with Crippen molar-refractivity contribution in [2.75, 3.05) is 18.9 Å². The second-order valence-electron chi connectivity index (χ2n) is 10.2. The quantitative estimate of drug-likeness (QED) is 0.208. The van der Waals surface area contributed by atoms with E-state index in [1.807, 2.05) is 0 Å². The van der Waals surface area contributed by atoms with Crippen LogP contribution in [0.1, 0.15) is 18.1 Å². The third-order valence-electron chi connectivity index (χ3n) is 7.39. The summed E-state index contributed by atoms with van der Waals surface area (Å²) in [5.41, 5.74) is 5.44. The van der Waals surface area contributed by atoms with E-state index in [-0.39, 0.29) is 22.8 Å². The fraction of sp³-hybridized carbons (Fsp3) is 0.524. The Bertz CT molecular complexity index is 1940. The highest BCUT2D eigenvalue weighted by atomic mass is 31.2. The number of phosphoric acid groups is 2. The first kappa shape index (κ1) is 30.4. The lowest BCUT2D eigenvalue weighted by molar-refractivity contribution is -0.0669. The maximum Gasteiger partial charge on any atom is 0.472 e. The van der Waals surface area contributed by atoms with E-state index in [0.29, 0.717) is 11.2 Å². The first-order chi connectivity index (χ1) is 21.3. The van der Waals surface area contributed by atoms with E-state index in [1.54, 1.807) is 6.92 Å². The number of rotatable bonds is 2. The summed E-state index contributed by atoms with van der Waals surface area (Å²) >= 11 is 0. The molecular formula is C21H23F2N9O11P2. The third-order valence-corrected chi connectivity index (χ3v) is 9.36. The van der Waals surface area contributed by atoms with Gasteiger partial charge in [-0.1, -0.05) is 0 Å². The lowest BCUT2D eigenvalue weighted by atomic mass is 10.1. The number of ether oxygens (including phenoxy) is 2. The molecule has 3 saturated heterocycles. The SMILES string of the molecule is Cc1ncnc2c1ncn2[C@@H]1O[C@@H]2COP(=O)(O)O[C@H]3C(F)[C@H](n4cnc5c(=O)[nH]c(N)nc54)O[C@@H]3COP(=O)(O)O[C@@H]1C2F. The van der Waals surface area contributed by atoms with Gasteiger partial charge in [0.25, 0.3) is 5.56 Å². The van der Waals surface area contributed by atoms with Crippen molar-refractivity contribution >= 4 is 43.9 Å². The van der Waals surface area contributed by atoms with Crippen LogP contribution < -0.4 is 11.3 Å². The summed E-state index contributed by atoms with van der Waals surface area (Å²) in [6.07, 6.45) is -11.3. The molecule has 0 spiro atoms. The number of anilines is 1. The monoisotopic (exact) mass is 677 g/mol. The predicted molar refractivity (Wildman–Crippen MR) is 142 cm³/mol. The van der Waals surface area contributed by atoms with E-state index in [0.717, 1.165) is 10.9 Å². The van der Waals surface area contributed by atoms with Crippen molar-refractivity contribution in [3.63, 3.8) is 0 Å². The van der Waals surface area contributed by atoms with Crippen LogP contribution in [0, 0.1) is 6.92 Å². The Hall–Kier alpha value is -3.30. The van der Waals surface area contributed by atoms with Gasteiger partial charge in [0.15, 0.2) is 41.6 Å². The topological polar surface area (TPSA) is 263 Å². The average Bonchev–Trinajstić information content (AvgIpc) is 3.72. The number of nitrogens with one attached hydrogen (secondary N) is 1. The zero-order valence-corrected chi connectivity index (χ0v) is 24.5. The van der Waals surface area contributed by atoms with Crippen molar-refractivity contribution in [2.45, 2.75) is 56.1 Å². The summed E-state index contributed by atoms with van der Waals surface area (Å²) in [6.45, 7) is -0.241. The molecule has 4 aromatic heterocycles. The first-order valence-electron chi connectivity index (χ1n) is 13.1. The van der Waals surface area contributed by atoms with Crippen LogP contribution in [0.5, 0.6) is 0 Å². The number of aromatic nitrogens is 8. The number of hydrogen-bond acceptors (Lipinski definition) is 15. The van der Waals surface area contributed by atoms with Gasteiger partial charge >= 0.3 is 15.6 Å². The molecule has 4 aromatic rings. The lowest BCUT2D eigenvalue weighted by Gasteiger charge is -2.25. The van der Waals surface area contributed by atoms with Crippen LogP contribution in [0.25, 0.3) is 22.3 Å². The van der Waals surface area contributed by atoms with Gasteiger partial charge in [-0.3, -0.25) is 37.0 Å². The van der Waals surface area contributed by atoms with Gasteiger partial charge in [0.2, 0.25) is 5.95 Å². The summed E-state index contributed by atoms with van der Waals surface area (Å²) in [5, 5.41) is 0. The van der Waals surface area contributed by atoms with Crippen LogP contribution in [0.15, 0.2) is 23.8 Å². The van der Waals surface area contributed by atoms with Crippen molar-refractivity contribution in [1.29, 1.82) is 0 Å². The minimum absolute atomic E-state index is 0.174. The van der Waals surface area contributed by atoms with E-state index in [4.69, 9.17) is 33.3 Å². The lowest BCUT2D eigenvalue weighted by Crippen LogP contribution is -2.34. The largest absolute Gasteiger partial charge is 0.472 e. The molecule has 2 bridgehead atoms. The highest BCUT2D eigenvalue weighted by molar-refractivity contribution is 7.47. The molecule has 3 aliphatic rings. The molecule has 20 nitrogen and oxygen atoms in total. The van der Waals surface area contributed by atoms with Gasteiger partial charge in [-0.25, -0.2) is 37.8 Å². The summed E-state index contributed by atoms with van der Waals surface area (Å²) in [4.78, 5) is 55.7. The van der Waals surface area contributed by atoms with E-state index in [1.165, 1.54) is 17.2 Å². The number of nitrogen functional groups attached to an aromatic ring is 1. The summed E-state index contributed by atoms with van der Waals surface area (Å²) in [6, 6.07) is 0. The number of aryl methyl sites for hydroxylation is 1. The zero-order valence-electron chi connectivity index (χ0n) is 22.7. The average molecular weight is 677 g/mol. The molecule has 45 heavy (non-hydrogen) atoms. The Morgan fingerprint density at radius 1 is 0.889 bits per heavy atom. The van der Waals surface area contributed by atoms with Crippen LogP contribution in [0.2, 0.25) is 0 Å². The fourth-order valence-electron chi connectivity index (χ4n) is 5.33. The highest BCUT2D eigenvalue weighted by Crippen LogP contribution is 2.54. The number of alkyl halides is 2.